The van der Waals surface area contributed by atoms with E-state index < -0.39 is 0 Å². The van der Waals surface area contributed by atoms with Crippen LogP contribution in [0.1, 0.15) is 11.1 Å². The third-order valence-electron chi connectivity index (χ3n) is 2.74. The summed E-state index contributed by atoms with van der Waals surface area (Å²) in [6.45, 7) is 2.69. The van der Waals surface area contributed by atoms with Crippen molar-refractivity contribution in [2.24, 2.45) is 0 Å². The second-order valence-corrected chi connectivity index (χ2v) is 4.47. The van der Waals surface area contributed by atoms with Gasteiger partial charge in [-0.25, -0.2) is 9.97 Å². The Kier molecular flexibility index (Phi) is 3.99. The van der Waals surface area contributed by atoms with Crippen LogP contribution in [0.3, 0.4) is 0 Å². The SMILES string of the molecule is Cc1c(N)ncnc1NCCc1ccc(Cl)cc1. The summed E-state index contributed by atoms with van der Waals surface area (Å²) in [6, 6.07) is 7.83. The van der Waals surface area contributed by atoms with Crippen molar-refractivity contribution in [3.05, 3.63) is 46.7 Å². The zero-order valence-corrected chi connectivity index (χ0v) is 10.9. The monoisotopic (exact) mass is 262 g/mol. The highest BCUT2D eigenvalue weighted by Crippen LogP contribution is 2.15. The molecule has 0 aliphatic rings. The highest BCUT2D eigenvalue weighted by Gasteiger charge is 2.03. The van der Waals surface area contributed by atoms with Gasteiger partial charge in [0.25, 0.3) is 0 Å². The average molecular weight is 263 g/mol. The van der Waals surface area contributed by atoms with Crippen molar-refractivity contribution < 1.29 is 0 Å². The summed E-state index contributed by atoms with van der Waals surface area (Å²) in [5.74, 6) is 1.30. The Morgan fingerprint density at radius 1 is 1.22 bits per heavy atom. The first-order valence-corrected chi connectivity index (χ1v) is 6.10. The summed E-state index contributed by atoms with van der Waals surface area (Å²) in [7, 11) is 0. The molecule has 3 N–H and O–H groups in total. The summed E-state index contributed by atoms with van der Waals surface area (Å²) in [5, 5.41) is 4.01. The fourth-order valence-electron chi connectivity index (χ4n) is 1.62. The maximum atomic E-state index is 5.83. The average Bonchev–Trinajstić information content (AvgIpc) is 2.37. The number of hydrogen-bond acceptors (Lipinski definition) is 4. The van der Waals surface area contributed by atoms with Crippen LogP contribution in [-0.4, -0.2) is 16.5 Å². The van der Waals surface area contributed by atoms with Crippen molar-refractivity contribution in [1.29, 1.82) is 0 Å². The number of nitrogens with one attached hydrogen (secondary N) is 1. The van der Waals surface area contributed by atoms with E-state index >= 15 is 0 Å². The number of halogens is 1. The molecule has 5 heteroatoms. The van der Waals surface area contributed by atoms with Gasteiger partial charge in [0.05, 0.1) is 0 Å². The van der Waals surface area contributed by atoms with E-state index in [2.05, 4.69) is 15.3 Å². The standard InChI is InChI=1S/C13H15ClN4/c1-9-12(15)17-8-18-13(9)16-7-6-10-2-4-11(14)5-3-10/h2-5,8H,6-7H2,1H3,(H3,15,16,17,18). The molecule has 2 aromatic rings. The normalized spacial score (nSPS) is 10.3. The molecular formula is C13H15ClN4. The highest BCUT2D eigenvalue weighted by atomic mass is 35.5. The Bertz CT molecular complexity index is 525. The van der Waals surface area contributed by atoms with Gasteiger partial charge >= 0.3 is 0 Å². The summed E-state index contributed by atoms with van der Waals surface area (Å²) < 4.78 is 0. The molecule has 0 atom stereocenters. The Hall–Kier alpha value is -1.81. The molecule has 18 heavy (non-hydrogen) atoms. The van der Waals surface area contributed by atoms with Crippen LogP contribution in [-0.2, 0) is 6.42 Å². The third kappa shape index (κ3) is 3.11. The molecule has 0 unspecified atom stereocenters. The van der Waals surface area contributed by atoms with Crippen LogP contribution >= 0.6 is 11.6 Å². The summed E-state index contributed by atoms with van der Waals surface area (Å²) in [5.41, 5.74) is 7.83. The van der Waals surface area contributed by atoms with E-state index in [0.717, 1.165) is 29.4 Å². The molecule has 94 valence electrons. The van der Waals surface area contributed by atoms with Gasteiger partial charge in [-0.3, -0.25) is 0 Å². The molecule has 0 aliphatic carbocycles. The molecule has 1 aromatic carbocycles. The second-order valence-electron chi connectivity index (χ2n) is 4.04. The van der Waals surface area contributed by atoms with Crippen molar-refractivity contribution >= 4 is 23.2 Å². The van der Waals surface area contributed by atoms with Gasteiger partial charge in [-0.15, -0.1) is 0 Å². The van der Waals surface area contributed by atoms with Gasteiger partial charge in [-0.05, 0) is 31.0 Å². The highest BCUT2D eigenvalue weighted by molar-refractivity contribution is 6.30. The van der Waals surface area contributed by atoms with E-state index in [9.17, 15) is 0 Å². The molecule has 0 saturated heterocycles. The van der Waals surface area contributed by atoms with Crippen molar-refractivity contribution in [2.75, 3.05) is 17.6 Å². The first kappa shape index (κ1) is 12.6. The molecule has 0 aliphatic heterocycles. The molecule has 2 rings (SSSR count). The van der Waals surface area contributed by atoms with Crippen LogP contribution in [0.4, 0.5) is 11.6 Å². The van der Waals surface area contributed by atoms with E-state index in [1.165, 1.54) is 11.9 Å². The van der Waals surface area contributed by atoms with Crippen LogP contribution in [0.2, 0.25) is 5.02 Å². The lowest BCUT2D eigenvalue weighted by Gasteiger charge is -2.09. The van der Waals surface area contributed by atoms with Crippen molar-refractivity contribution in [3.63, 3.8) is 0 Å². The minimum atomic E-state index is 0.513. The van der Waals surface area contributed by atoms with Crippen LogP contribution in [0.25, 0.3) is 0 Å². The van der Waals surface area contributed by atoms with Crippen LogP contribution in [0.15, 0.2) is 30.6 Å². The fourth-order valence-corrected chi connectivity index (χ4v) is 1.74. The van der Waals surface area contributed by atoms with Crippen LogP contribution in [0, 0.1) is 6.92 Å². The zero-order valence-electron chi connectivity index (χ0n) is 10.2. The maximum Gasteiger partial charge on any atom is 0.134 e. The van der Waals surface area contributed by atoms with E-state index in [4.69, 9.17) is 17.3 Å². The lowest BCUT2D eigenvalue weighted by atomic mass is 10.1. The fraction of sp³-hybridized carbons (Fsp3) is 0.231. The van der Waals surface area contributed by atoms with Gasteiger partial charge in [-0.2, -0.15) is 0 Å². The molecule has 0 saturated carbocycles. The Balaban J connectivity index is 1.92. The summed E-state index contributed by atoms with van der Waals surface area (Å²) >= 11 is 5.83. The second kappa shape index (κ2) is 5.69. The number of aromatic nitrogens is 2. The Labute approximate surface area is 111 Å². The summed E-state index contributed by atoms with van der Waals surface area (Å²) in [4.78, 5) is 8.09. The van der Waals surface area contributed by atoms with Gasteiger partial charge in [0.1, 0.15) is 18.0 Å². The molecule has 0 bridgehead atoms. The Morgan fingerprint density at radius 2 is 1.94 bits per heavy atom. The van der Waals surface area contributed by atoms with Crippen molar-refractivity contribution in [2.45, 2.75) is 13.3 Å². The van der Waals surface area contributed by atoms with E-state index in [0.29, 0.717) is 5.82 Å². The maximum absolute atomic E-state index is 5.83. The molecule has 0 amide bonds. The lowest BCUT2D eigenvalue weighted by molar-refractivity contribution is 0.993. The minimum Gasteiger partial charge on any atom is -0.383 e. The molecule has 1 aromatic heterocycles. The number of hydrogen-bond donors (Lipinski definition) is 2. The van der Waals surface area contributed by atoms with Gasteiger partial charge in [0.2, 0.25) is 0 Å². The number of nitrogens with zero attached hydrogens (tertiary/aromatic N) is 2. The molecule has 4 nitrogen and oxygen atoms in total. The van der Waals surface area contributed by atoms with Gasteiger partial charge < -0.3 is 11.1 Å². The third-order valence-corrected chi connectivity index (χ3v) is 2.99. The van der Waals surface area contributed by atoms with E-state index in [-0.39, 0.29) is 0 Å². The van der Waals surface area contributed by atoms with Crippen LogP contribution in [0.5, 0.6) is 0 Å². The topological polar surface area (TPSA) is 63.8 Å². The molecule has 0 radical (unpaired) electrons. The number of anilines is 2. The first-order valence-electron chi connectivity index (χ1n) is 5.72. The van der Waals surface area contributed by atoms with Crippen molar-refractivity contribution in [3.8, 4) is 0 Å². The molecule has 0 fully saturated rings. The lowest BCUT2D eigenvalue weighted by Crippen LogP contribution is -2.09. The molecule has 0 spiro atoms. The quantitative estimate of drug-likeness (QED) is 0.889. The Morgan fingerprint density at radius 3 is 2.67 bits per heavy atom. The van der Waals surface area contributed by atoms with Gasteiger partial charge in [0.15, 0.2) is 0 Å². The van der Waals surface area contributed by atoms with Crippen molar-refractivity contribution in [1.82, 2.24) is 9.97 Å². The number of nitrogens with two attached hydrogens (primary N) is 1. The zero-order chi connectivity index (χ0) is 13.0. The number of benzene rings is 1. The smallest absolute Gasteiger partial charge is 0.134 e. The predicted molar refractivity (Wildman–Crippen MR) is 74.8 cm³/mol. The largest absolute Gasteiger partial charge is 0.383 e. The van der Waals surface area contributed by atoms with E-state index in [1.807, 2.05) is 31.2 Å². The van der Waals surface area contributed by atoms with Crippen LogP contribution < -0.4 is 11.1 Å². The van der Waals surface area contributed by atoms with E-state index in [1.54, 1.807) is 0 Å². The molecular weight excluding hydrogens is 248 g/mol. The first-order chi connectivity index (χ1) is 8.66. The number of nitrogen functional groups attached to an aromatic ring is 1. The summed E-state index contributed by atoms with van der Waals surface area (Å²) in [6.07, 6.45) is 2.37. The van der Waals surface area contributed by atoms with Gasteiger partial charge in [-0.1, -0.05) is 23.7 Å². The minimum absolute atomic E-state index is 0.513. The molecule has 1 heterocycles. The predicted octanol–water partition coefficient (Wildman–Crippen LogP) is 2.68. The number of rotatable bonds is 4. The van der Waals surface area contributed by atoms with Gasteiger partial charge in [0, 0.05) is 17.1 Å².